The minimum atomic E-state index is -1.51. The van der Waals surface area contributed by atoms with Crippen molar-refractivity contribution in [1.82, 2.24) is 0 Å². The number of carboxylic acids is 1. The van der Waals surface area contributed by atoms with Crippen LogP contribution in [0.4, 0.5) is 0 Å². The molecule has 0 heterocycles. The smallest absolute Gasteiger partial charge is 0.361 e. The van der Waals surface area contributed by atoms with Gasteiger partial charge in [-0.1, -0.05) is 414 Å². The molecule has 0 bridgehead atoms. The fourth-order valence-electron chi connectivity index (χ4n) is 12.7. The molecule has 0 spiro atoms. The van der Waals surface area contributed by atoms with Crippen LogP contribution < -0.4 is 0 Å². The van der Waals surface area contributed by atoms with Crippen molar-refractivity contribution in [3.8, 4) is 0 Å². The summed E-state index contributed by atoms with van der Waals surface area (Å²) in [5.41, 5.74) is 0. The van der Waals surface area contributed by atoms with Crippen LogP contribution in [0.1, 0.15) is 412 Å². The molecule has 0 saturated carbocycles. The Balaban J connectivity index is 3.96. The first-order valence-electron chi connectivity index (χ1n) is 42.8. The van der Waals surface area contributed by atoms with Gasteiger partial charge in [-0.05, 0) is 70.6 Å². The molecule has 2 unspecified atom stereocenters. The Bertz CT molecular complexity index is 1910. The van der Waals surface area contributed by atoms with Crippen molar-refractivity contribution in [2.24, 2.45) is 0 Å². The average Bonchev–Trinajstić information content (AvgIpc) is 1.14. The first-order chi connectivity index (χ1) is 48.6. The number of unbranched alkanes of at least 4 members (excludes halogenated alkanes) is 51. The number of hydrogen-bond donors (Lipinski definition) is 1. The van der Waals surface area contributed by atoms with Gasteiger partial charge in [0, 0.05) is 12.8 Å². The van der Waals surface area contributed by atoms with Crippen molar-refractivity contribution in [3.05, 3.63) is 85.1 Å². The lowest BCUT2D eigenvalue weighted by Gasteiger charge is -2.25. The molecule has 1 N–H and O–H groups in total. The molecule has 0 aliphatic heterocycles. The van der Waals surface area contributed by atoms with Gasteiger partial charge in [0.25, 0.3) is 6.29 Å². The molecular formula is C90H164NO8+. The molecule has 9 nitrogen and oxygen atoms in total. The van der Waals surface area contributed by atoms with E-state index in [0.29, 0.717) is 17.4 Å². The van der Waals surface area contributed by atoms with Gasteiger partial charge in [-0.25, -0.2) is 4.79 Å². The third-order valence-electron chi connectivity index (χ3n) is 19.2. The highest BCUT2D eigenvalue weighted by molar-refractivity contribution is 5.71. The summed E-state index contributed by atoms with van der Waals surface area (Å²) in [7, 11) is 6.00. The van der Waals surface area contributed by atoms with Crippen molar-refractivity contribution in [2.45, 2.75) is 424 Å². The molecule has 0 saturated heterocycles. The number of carbonyl (C=O) groups is 3. The molecule has 0 amide bonds. The molecule has 0 aromatic carbocycles. The Kier molecular flexibility index (Phi) is 77.3. The molecule has 576 valence electrons. The summed E-state index contributed by atoms with van der Waals surface area (Å²) in [6.45, 7) is 4.83. The van der Waals surface area contributed by atoms with E-state index in [1.807, 2.05) is 21.1 Å². The van der Waals surface area contributed by atoms with Crippen molar-refractivity contribution in [3.63, 3.8) is 0 Å². The van der Waals surface area contributed by atoms with Crippen LogP contribution in [0.25, 0.3) is 0 Å². The van der Waals surface area contributed by atoms with Gasteiger partial charge in [-0.3, -0.25) is 9.59 Å². The Morgan fingerprint density at radius 1 is 0.313 bits per heavy atom. The Morgan fingerprint density at radius 3 is 0.859 bits per heavy atom. The van der Waals surface area contributed by atoms with Crippen molar-refractivity contribution in [2.75, 3.05) is 47.5 Å². The van der Waals surface area contributed by atoms with E-state index < -0.39 is 18.4 Å². The molecule has 0 fully saturated rings. The Hall–Kier alpha value is -3.53. The lowest BCUT2D eigenvalue weighted by atomic mass is 10.0. The Morgan fingerprint density at radius 2 is 0.576 bits per heavy atom. The number of rotatable bonds is 80. The van der Waals surface area contributed by atoms with Crippen LogP contribution in [-0.4, -0.2) is 87.4 Å². The highest BCUT2D eigenvalue weighted by Gasteiger charge is 2.25. The molecule has 0 aromatic heterocycles. The topological polar surface area (TPSA) is 108 Å². The van der Waals surface area contributed by atoms with E-state index in [1.54, 1.807) is 0 Å². The van der Waals surface area contributed by atoms with Gasteiger partial charge in [0.15, 0.2) is 6.10 Å². The molecular weight excluding hydrogens is 1220 g/mol. The van der Waals surface area contributed by atoms with Crippen LogP contribution in [0, 0.1) is 0 Å². The van der Waals surface area contributed by atoms with Gasteiger partial charge in [0.1, 0.15) is 13.2 Å². The summed E-state index contributed by atoms with van der Waals surface area (Å²) in [5, 5.41) is 9.79. The normalized spacial score (nSPS) is 13.0. The molecule has 2 atom stereocenters. The van der Waals surface area contributed by atoms with Gasteiger partial charge in [0.2, 0.25) is 0 Å². The van der Waals surface area contributed by atoms with Gasteiger partial charge >= 0.3 is 17.9 Å². The SMILES string of the molecule is CC/C=C\C/C=C\C/C=C\C/C=C\C/C=C\C/C=C\C/C=C\CCCCCCCCCCCCCCCCCCCC(=O)OC(COC(=O)CCCCCCCCCCCCCCCCCCCCCCCCCCCCCCCCCCCCC)COC(OCC[N+](C)(C)C)C(=O)O. The summed E-state index contributed by atoms with van der Waals surface area (Å²) in [6.07, 6.45) is 108. The highest BCUT2D eigenvalue weighted by atomic mass is 16.7. The van der Waals surface area contributed by atoms with Crippen LogP contribution in [0.3, 0.4) is 0 Å². The minimum Gasteiger partial charge on any atom is -0.477 e. The van der Waals surface area contributed by atoms with Crippen molar-refractivity contribution in [1.29, 1.82) is 0 Å². The van der Waals surface area contributed by atoms with Gasteiger partial charge in [-0.2, -0.15) is 0 Å². The number of carboxylic acid groups (broad SMARTS) is 1. The van der Waals surface area contributed by atoms with Crippen LogP contribution in [0.2, 0.25) is 0 Å². The van der Waals surface area contributed by atoms with E-state index >= 15 is 0 Å². The zero-order valence-electron chi connectivity index (χ0n) is 66.2. The van der Waals surface area contributed by atoms with Gasteiger partial charge < -0.3 is 28.5 Å². The molecule has 99 heavy (non-hydrogen) atoms. The lowest BCUT2D eigenvalue weighted by Crippen LogP contribution is -2.40. The fourth-order valence-corrected chi connectivity index (χ4v) is 12.7. The van der Waals surface area contributed by atoms with E-state index in [-0.39, 0.29) is 38.2 Å². The van der Waals surface area contributed by atoms with E-state index in [4.69, 9.17) is 18.9 Å². The number of hydrogen-bond acceptors (Lipinski definition) is 7. The van der Waals surface area contributed by atoms with Gasteiger partial charge in [0.05, 0.1) is 34.4 Å². The largest absolute Gasteiger partial charge is 0.477 e. The fraction of sp³-hybridized carbons (Fsp3) is 0.811. The zero-order valence-corrected chi connectivity index (χ0v) is 66.2. The third kappa shape index (κ3) is 81.6. The second-order valence-electron chi connectivity index (χ2n) is 30.1. The first kappa shape index (κ1) is 95.5. The molecule has 0 rings (SSSR count). The van der Waals surface area contributed by atoms with Crippen LogP contribution >= 0.6 is 0 Å². The number of nitrogens with zero attached hydrogens (tertiary/aromatic N) is 1. The summed E-state index contributed by atoms with van der Waals surface area (Å²) >= 11 is 0. The highest BCUT2D eigenvalue weighted by Crippen LogP contribution is 2.20. The van der Waals surface area contributed by atoms with Crippen LogP contribution in [0.15, 0.2) is 85.1 Å². The third-order valence-corrected chi connectivity index (χ3v) is 19.2. The lowest BCUT2D eigenvalue weighted by molar-refractivity contribution is -0.870. The summed E-state index contributed by atoms with van der Waals surface area (Å²) in [4.78, 5) is 37.8. The number of allylic oxidation sites excluding steroid dienone is 14. The number of likely N-dealkylation sites (N-methyl/N-ethyl adjacent to an activating group) is 1. The molecule has 9 heteroatoms. The molecule has 0 radical (unpaired) electrons. The van der Waals surface area contributed by atoms with Crippen molar-refractivity contribution < 1.29 is 42.9 Å². The standard InChI is InChI=1S/C90H163NO8/c1-6-8-10-12-14-16-18-20-22-24-26-28-30-32-34-36-38-40-42-43-44-45-47-49-51-53-55-57-59-61-63-65-67-69-71-73-75-77-79-81-88(93)99-86(85-98-90(89(94)95)96-83-82-91(3,4)5)84-97-87(92)80-78-76-74-72-70-68-66-64-62-60-58-56-54-52-50-48-46-41-39-37-35-33-31-29-27-25-23-21-19-17-15-13-11-9-7-2/h8,10,14,16,20,22,26,28,32,34,38,40,43-44,86,90H,6-7,9,11-13,15,17-19,21,23-25,27,29-31,33,35-37,39,41-42,45-85H2,1-5H3/p+1/b10-8-,16-14-,22-20-,28-26-,34-32-,40-38-,44-43-. The number of quaternary nitrogens is 1. The van der Waals surface area contributed by atoms with Crippen molar-refractivity contribution >= 4 is 17.9 Å². The first-order valence-corrected chi connectivity index (χ1v) is 42.8. The van der Waals surface area contributed by atoms with E-state index in [2.05, 4.69) is 98.9 Å². The summed E-state index contributed by atoms with van der Waals surface area (Å²) in [6, 6.07) is 0. The second kappa shape index (κ2) is 80.2. The number of aliphatic carboxylic acids is 1. The van der Waals surface area contributed by atoms with Crippen LogP contribution in [-0.2, 0) is 33.3 Å². The number of esters is 2. The zero-order chi connectivity index (χ0) is 71.8. The van der Waals surface area contributed by atoms with Crippen LogP contribution in [0.5, 0.6) is 0 Å². The quantitative estimate of drug-likeness (QED) is 0.0211. The predicted octanol–water partition coefficient (Wildman–Crippen LogP) is 27.7. The average molecular weight is 1390 g/mol. The molecule has 0 aliphatic rings. The second-order valence-corrected chi connectivity index (χ2v) is 30.1. The van der Waals surface area contributed by atoms with E-state index in [9.17, 15) is 19.5 Å². The van der Waals surface area contributed by atoms with E-state index in [1.165, 1.54) is 302 Å². The Labute approximate surface area is 614 Å². The summed E-state index contributed by atoms with van der Waals surface area (Å²) < 4.78 is 23.1. The number of ether oxygens (including phenoxy) is 4. The van der Waals surface area contributed by atoms with E-state index in [0.717, 1.165) is 83.5 Å². The maximum absolute atomic E-state index is 13.0. The maximum Gasteiger partial charge on any atom is 0.361 e. The minimum absolute atomic E-state index is 0.178. The monoisotopic (exact) mass is 1390 g/mol. The predicted molar refractivity (Wildman–Crippen MR) is 429 cm³/mol. The van der Waals surface area contributed by atoms with Gasteiger partial charge in [-0.15, -0.1) is 0 Å². The molecule has 0 aliphatic carbocycles. The maximum atomic E-state index is 13.0. The number of carbonyl (C=O) groups excluding carboxylic acids is 2. The summed E-state index contributed by atoms with van der Waals surface area (Å²) in [5.74, 6) is -1.98. The molecule has 0 aromatic rings.